The zero-order valence-electron chi connectivity index (χ0n) is 11.6. The van der Waals surface area contributed by atoms with Gasteiger partial charge in [0.2, 0.25) is 5.91 Å². The van der Waals surface area contributed by atoms with Crippen LogP contribution in [-0.4, -0.2) is 49.2 Å². The summed E-state index contributed by atoms with van der Waals surface area (Å²) >= 11 is 0. The molecule has 4 nitrogen and oxygen atoms in total. The normalized spacial score (nSPS) is 42.6. The molecule has 3 rings (SSSR count). The van der Waals surface area contributed by atoms with Crippen molar-refractivity contribution in [1.82, 2.24) is 10.2 Å². The number of likely N-dealkylation sites (N-methyl/N-ethyl adjacent to an activating group) is 1. The summed E-state index contributed by atoms with van der Waals surface area (Å²) < 4.78 is 5.82. The van der Waals surface area contributed by atoms with E-state index in [-0.39, 0.29) is 11.3 Å². The molecule has 4 atom stereocenters. The van der Waals surface area contributed by atoms with E-state index in [1.807, 2.05) is 11.9 Å². The van der Waals surface area contributed by atoms with Crippen molar-refractivity contribution in [2.24, 2.45) is 11.3 Å². The van der Waals surface area contributed by atoms with Crippen LogP contribution in [0.3, 0.4) is 0 Å². The molecule has 18 heavy (non-hydrogen) atoms. The van der Waals surface area contributed by atoms with Crippen molar-refractivity contribution in [2.75, 3.05) is 20.2 Å². The van der Waals surface area contributed by atoms with Crippen molar-refractivity contribution in [3.8, 4) is 0 Å². The summed E-state index contributed by atoms with van der Waals surface area (Å²) in [4.78, 5) is 13.4. The van der Waals surface area contributed by atoms with Crippen LogP contribution >= 0.6 is 0 Å². The fourth-order valence-electron chi connectivity index (χ4n) is 4.06. The first-order chi connectivity index (χ1) is 8.50. The topological polar surface area (TPSA) is 41.6 Å². The molecular formula is C14H24N2O2. The Hall–Kier alpha value is -0.610. The van der Waals surface area contributed by atoms with E-state index >= 15 is 0 Å². The van der Waals surface area contributed by atoms with Gasteiger partial charge >= 0.3 is 0 Å². The SMILES string of the molecule is CN1CC(NC2C3CCOC3C2(C)C)CCC1=O. The van der Waals surface area contributed by atoms with Crippen LogP contribution in [-0.2, 0) is 9.53 Å². The Labute approximate surface area is 109 Å². The second-order valence-electron chi connectivity index (χ2n) is 6.72. The molecule has 4 unspecified atom stereocenters. The van der Waals surface area contributed by atoms with Gasteiger partial charge in [0.25, 0.3) is 0 Å². The number of fused-ring (bicyclic) bond motifs is 1. The number of amides is 1. The lowest BCUT2D eigenvalue weighted by Gasteiger charge is -2.56. The van der Waals surface area contributed by atoms with Gasteiger partial charge in [-0.15, -0.1) is 0 Å². The summed E-state index contributed by atoms with van der Waals surface area (Å²) in [5.41, 5.74) is 0.237. The molecule has 0 bridgehead atoms. The van der Waals surface area contributed by atoms with Gasteiger partial charge in [0.15, 0.2) is 0 Å². The molecule has 3 fully saturated rings. The van der Waals surface area contributed by atoms with Crippen LogP contribution in [0.4, 0.5) is 0 Å². The molecule has 0 aromatic heterocycles. The highest BCUT2D eigenvalue weighted by molar-refractivity contribution is 5.76. The third-order valence-electron chi connectivity index (χ3n) is 5.14. The summed E-state index contributed by atoms with van der Waals surface area (Å²) in [5, 5.41) is 3.79. The van der Waals surface area contributed by atoms with Crippen molar-refractivity contribution >= 4 is 5.91 Å². The minimum absolute atomic E-state index is 0.237. The summed E-state index contributed by atoms with van der Waals surface area (Å²) in [7, 11) is 1.91. The van der Waals surface area contributed by atoms with Crippen molar-refractivity contribution in [3.05, 3.63) is 0 Å². The fraction of sp³-hybridized carbons (Fsp3) is 0.929. The van der Waals surface area contributed by atoms with Gasteiger partial charge in [0, 0.05) is 50.0 Å². The van der Waals surface area contributed by atoms with Crippen molar-refractivity contribution in [1.29, 1.82) is 0 Å². The Balaban J connectivity index is 1.61. The van der Waals surface area contributed by atoms with Crippen molar-refractivity contribution in [2.45, 2.75) is 51.3 Å². The Morgan fingerprint density at radius 1 is 1.39 bits per heavy atom. The maximum Gasteiger partial charge on any atom is 0.222 e. The summed E-state index contributed by atoms with van der Waals surface area (Å²) in [6, 6.07) is 1.01. The molecule has 4 heteroatoms. The third kappa shape index (κ3) is 1.77. The van der Waals surface area contributed by atoms with Gasteiger partial charge in [0.05, 0.1) is 6.10 Å². The van der Waals surface area contributed by atoms with Crippen LogP contribution in [0.5, 0.6) is 0 Å². The number of rotatable bonds is 2. The molecule has 1 N–H and O–H groups in total. The Kier molecular flexibility index (Phi) is 2.90. The van der Waals surface area contributed by atoms with Gasteiger partial charge in [0.1, 0.15) is 0 Å². The molecule has 1 saturated carbocycles. The van der Waals surface area contributed by atoms with Crippen LogP contribution in [0.25, 0.3) is 0 Å². The zero-order valence-corrected chi connectivity index (χ0v) is 11.6. The Morgan fingerprint density at radius 3 is 2.89 bits per heavy atom. The summed E-state index contributed by atoms with van der Waals surface area (Å²) in [6.07, 6.45) is 3.30. The predicted molar refractivity (Wildman–Crippen MR) is 69.2 cm³/mol. The molecule has 102 valence electrons. The first kappa shape index (κ1) is 12.4. The maximum atomic E-state index is 11.5. The highest BCUT2D eigenvalue weighted by Gasteiger charge is 2.59. The number of carbonyl (C=O) groups excluding carboxylic acids is 1. The molecule has 0 radical (unpaired) electrons. The van der Waals surface area contributed by atoms with E-state index in [9.17, 15) is 4.79 Å². The number of carbonyl (C=O) groups is 1. The van der Waals surface area contributed by atoms with E-state index in [0.29, 0.717) is 30.5 Å². The van der Waals surface area contributed by atoms with Crippen LogP contribution in [0.1, 0.15) is 33.1 Å². The highest BCUT2D eigenvalue weighted by Crippen LogP contribution is 2.52. The predicted octanol–water partition coefficient (Wildman–Crippen LogP) is 1.01. The van der Waals surface area contributed by atoms with E-state index in [1.54, 1.807) is 0 Å². The second kappa shape index (κ2) is 4.20. The molecule has 1 aliphatic carbocycles. The summed E-state index contributed by atoms with van der Waals surface area (Å²) in [5.74, 6) is 0.964. The molecular weight excluding hydrogens is 228 g/mol. The molecule has 3 aliphatic rings. The fourth-order valence-corrected chi connectivity index (χ4v) is 4.06. The molecule has 0 aromatic carbocycles. The Morgan fingerprint density at radius 2 is 2.17 bits per heavy atom. The highest BCUT2D eigenvalue weighted by atomic mass is 16.5. The standard InChI is InChI=1S/C14H24N2O2/c1-14(2)12(10-6-7-18-13(10)14)15-9-4-5-11(17)16(3)8-9/h9-10,12-13,15H,4-8H2,1-3H3. The smallest absolute Gasteiger partial charge is 0.222 e. The maximum absolute atomic E-state index is 11.5. The number of likely N-dealkylation sites (tertiary alicyclic amines) is 1. The van der Waals surface area contributed by atoms with Crippen molar-refractivity contribution < 1.29 is 9.53 Å². The van der Waals surface area contributed by atoms with E-state index < -0.39 is 0 Å². The number of nitrogens with one attached hydrogen (secondary N) is 1. The molecule has 1 amide bonds. The molecule has 2 aliphatic heterocycles. The number of hydrogen-bond acceptors (Lipinski definition) is 3. The van der Waals surface area contributed by atoms with Crippen LogP contribution in [0, 0.1) is 11.3 Å². The lowest BCUT2D eigenvalue weighted by atomic mass is 9.57. The van der Waals surface area contributed by atoms with Gasteiger partial charge in [-0.05, 0) is 12.8 Å². The van der Waals surface area contributed by atoms with Crippen LogP contribution < -0.4 is 5.32 Å². The Bertz CT molecular complexity index is 356. The number of piperidine rings is 1. The van der Waals surface area contributed by atoms with Gasteiger partial charge < -0.3 is 15.0 Å². The lowest BCUT2D eigenvalue weighted by Crippen LogP contribution is -2.68. The van der Waals surface area contributed by atoms with Crippen LogP contribution in [0.15, 0.2) is 0 Å². The second-order valence-corrected chi connectivity index (χ2v) is 6.72. The van der Waals surface area contributed by atoms with Gasteiger partial charge in [-0.3, -0.25) is 4.79 Å². The molecule has 2 saturated heterocycles. The van der Waals surface area contributed by atoms with Gasteiger partial charge in [-0.2, -0.15) is 0 Å². The van der Waals surface area contributed by atoms with Gasteiger partial charge in [-0.1, -0.05) is 13.8 Å². The van der Waals surface area contributed by atoms with Crippen LogP contribution in [0.2, 0.25) is 0 Å². The largest absolute Gasteiger partial charge is 0.377 e. The monoisotopic (exact) mass is 252 g/mol. The minimum atomic E-state index is 0.237. The van der Waals surface area contributed by atoms with E-state index in [0.717, 1.165) is 19.6 Å². The summed E-state index contributed by atoms with van der Waals surface area (Å²) in [6.45, 7) is 6.37. The van der Waals surface area contributed by atoms with Gasteiger partial charge in [-0.25, -0.2) is 0 Å². The number of nitrogens with zero attached hydrogens (tertiary/aromatic N) is 1. The third-order valence-corrected chi connectivity index (χ3v) is 5.14. The first-order valence-corrected chi connectivity index (χ1v) is 7.12. The lowest BCUT2D eigenvalue weighted by molar-refractivity contribution is -0.135. The number of hydrogen-bond donors (Lipinski definition) is 1. The van der Waals surface area contributed by atoms with E-state index in [2.05, 4.69) is 19.2 Å². The number of ether oxygens (including phenoxy) is 1. The molecule has 0 spiro atoms. The average molecular weight is 252 g/mol. The van der Waals surface area contributed by atoms with E-state index in [1.165, 1.54) is 6.42 Å². The molecule has 2 heterocycles. The molecule has 0 aromatic rings. The van der Waals surface area contributed by atoms with E-state index in [4.69, 9.17) is 4.74 Å². The first-order valence-electron chi connectivity index (χ1n) is 7.12. The quantitative estimate of drug-likeness (QED) is 0.797. The average Bonchev–Trinajstić information content (AvgIpc) is 2.77. The minimum Gasteiger partial charge on any atom is -0.377 e. The zero-order chi connectivity index (χ0) is 12.9. The van der Waals surface area contributed by atoms with Crippen molar-refractivity contribution in [3.63, 3.8) is 0 Å².